The van der Waals surface area contributed by atoms with E-state index in [1.165, 1.54) is 5.56 Å². The summed E-state index contributed by atoms with van der Waals surface area (Å²) in [6.07, 6.45) is 0.826. The summed E-state index contributed by atoms with van der Waals surface area (Å²) in [5, 5.41) is 2.06. The lowest BCUT2D eigenvalue weighted by Crippen LogP contribution is -2.21. The summed E-state index contributed by atoms with van der Waals surface area (Å²) in [5.41, 5.74) is 10.3. The average Bonchev–Trinajstić information content (AvgIpc) is 3.09. The van der Waals surface area contributed by atoms with Crippen LogP contribution < -0.4 is 5.73 Å². The number of halogens is 2. The van der Waals surface area contributed by atoms with Crippen molar-refractivity contribution in [1.82, 2.24) is 14.9 Å². The van der Waals surface area contributed by atoms with Crippen molar-refractivity contribution in [3.63, 3.8) is 0 Å². The van der Waals surface area contributed by atoms with Crippen molar-refractivity contribution in [2.45, 2.75) is 19.4 Å². The van der Waals surface area contributed by atoms with Crippen LogP contribution in [0.15, 0.2) is 52.9 Å². The fourth-order valence-corrected chi connectivity index (χ4v) is 3.28. The number of rotatable bonds is 5. The summed E-state index contributed by atoms with van der Waals surface area (Å²) in [7, 11) is 4.10. The van der Waals surface area contributed by atoms with Crippen LogP contribution in [0.4, 0.5) is 0 Å². The number of hydrogen-bond acceptors (Lipinski definition) is 5. The van der Waals surface area contributed by atoms with Gasteiger partial charge in [0, 0.05) is 16.8 Å². The van der Waals surface area contributed by atoms with Crippen molar-refractivity contribution in [3.8, 4) is 11.6 Å². The van der Waals surface area contributed by atoms with Gasteiger partial charge in [0.05, 0.1) is 11.2 Å². The van der Waals surface area contributed by atoms with E-state index in [0.717, 1.165) is 40.5 Å². The van der Waals surface area contributed by atoms with Crippen molar-refractivity contribution < 1.29 is 4.42 Å². The summed E-state index contributed by atoms with van der Waals surface area (Å²) in [6, 6.07) is 16.0. The van der Waals surface area contributed by atoms with Gasteiger partial charge in [0.25, 0.3) is 0 Å². The van der Waals surface area contributed by atoms with Gasteiger partial charge in [-0.05, 0) is 58.3 Å². The Bertz CT molecular complexity index is 1080. The number of hydrogen-bond donors (Lipinski definition) is 1. The van der Waals surface area contributed by atoms with Gasteiger partial charge in [-0.2, -0.15) is 0 Å². The van der Waals surface area contributed by atoms with E-state index >= 15 is 0 Å². The van der Waals surface area contributed by atoms with E-state index in [4.69, 9.17) is 20.1 Å². The van der Waals surface area contributed by atoms with Gasteiger partial charge in [-0.15, -0.1) is 24.8 Å². The van der Waals surface area contributed by atoms with E-state index < -0.39 is 0 Å². The number of benzene rings is 2. The molecule has 1 atom stereocenters. The lowest BCUT2D eigenvalue weighted by molar-refractivity contribution is 0.381. The van der Waals surface area contributed by atoms with Crippen molar-refractivity contribution >= 4 is 46.7 Å². The Kier molecular flexibility index (Phi) is 7.60. The predicted octanol–water partition coefficient (Wildman–Crippen LogP) is 5.15. The monoisotopic (exact) mass is 432 g/mol. The van der Waals surface area contributed by atoms with Crippen LogP contribution in [0.1, 0.15) is 23.7 Å². The molecule has 0 spiro atoms. The van der Waals surface area contributed by atoms with Crippen molar-refractivity contribution in [3.05, 3.63) is 59.8 Å². The second kappa shape index (κ2) is 9.55. The van der Waals surface area contributed by atoms with Gasteiger partial charge >= 0.3 is 0 Å². The molecular formula is C22H26Cl2N4O. The first-order valence-corrected chi connectivity index (χ1v) is 9.19. The van der Waals surface area contributed by atoms with Gasteiger partial charge in [-0.1, -0.05) is 29.8 Å². The molecule has 7 heteroatoms. The number of aryl methyl sites for hydroxylation is 1. The Balaban J connectivity index is 0.00000150. The quantitative estimate of drug-likeness (QED) is 0.472. The van der Waals surface area contributed by atoms with Crippen LogP contribution in [-0.4, -0.2) is 35.5 Å². The molecule has 0 radical (unpaired) electrons. The van der Waals surface area contributed by atoms with Crippen LogP contribution in [0.5, 0.6) is 0 Å². The molecule has 0 amide bonds. The third-order valence-corrected chi connectivity index (χ3v) is 4.77. The maximum atomic E-state index is 6.53. The summed E-state index contributed by atoms with van der Waals surface area (Å²) >= 11 is 0. The number of nitrogens with two attached hydrogens (primary N) is 1. The number of aromatic nitrogens is 2. The molecule has 0 fully saturated rings. The Morgan fingerprint density at radius 2 is 1.79 bits per heavy atom. The van der Waals surface area contributed by atoms with Crippen LogP contribution in [0.2, 0.25) is 0 Å². The zero-order valence-corrected chi connectivity index (χ0v) is 18.4. The number of furan rings is 1. The minimum Gasteiger partial charge on any atom is -0.453 e. The number of fused-ring (bicyclic) bond motifs is 2. The lowest BCUT2D eigenvalue weighted by atomic mass is 10.0. The molecule has 0 saturated heterocycles. The van der Waals surface area contributed by atoms with Gasteiger partial charge in [0.2, 0.25) is 0 Å². The zero-order valence-electron chi connectivity index (χ0n) is 16.8. The van der Waals surface area contributed by atoms with Gasteiger partial charge in [0.1, 0.15) is 5.58 Å². The SMILES string of the molecule is Cc1ccc2nc(-c3cc4ccccc4o3)nc(C(N)CCN(C)C)c2c1.Cl.Cl. The van der Waals surface area contributed by atoms with E-state index in [9.17, 15) is 0 Å². The standard InChI is InChI=1S/C22H24N4O.2ClH/c1-14-8-9-18-16(12-14)21(17(23)10-11-26(2)3)25-22(24-18)20-13-15-6-4-5-7-19(15)27-20;;/h4-9,12-13,17H,10-11,23H2,1-3H3;2*1H. The molecule has 2 aromatic carbocycles. The normalized spacial score (nSPS) is 12.0. The molecule has 4 rings (SSSR count). The molecule has 2 aromatic heterocycles. The highest BCUT2D eigenvalue weighted by Crippen LogP contribution is 2.30. The molecular weight excluding hydrogens is 407 g/mol. The summed E-state index contributed by atoms with van der Waals surface area (Å²) in [4.78, 5) is 11.7. The van der Waals surface area contributed by atoms with Gasteiger partial charge < -0.3 is 15.1 Å². The molecule has 2 N–H and O–H groups in total. The van der Waals surface area contributed by atoms with Gasteiger partial charge in [-0.25, -0.2) is 9.97 Å². The molecule has 5 nitrogen and oxygen atoms in total. The van der Waals surface area contributed by atoms with Crippen LogP contribution in [0.25, 0.3) is 33.5 Å². The van der Waals surface area contributed by atoms with E-state index in [1.54, 1.807) is 0 Å². The predicted molar refractivity (Wildman–Crippen MR) is 124 cm³/mol. The fraction of sp³-hybridized carbons (Fsp3) is 0.273. The summed E-state index contributed by atoms with van der Waals surface area (Å²) in [5.74, 6) is 1.25. The number of nitrogens with zero attached hydrogens (tertiary/aromatic N) is 3. The highest BCUT2D eigenvalue weighted by molar-refractivity contribution is 5.86. The largest absolute Gasteiger partial charge is 0.453 e. The summed E-state index contributed by atoms with van der Waals surface area (Å²) < 4.78 is 5.99. The molecule has 2 heterocycles. The first kappa shape index (κ1) is 23.1. The molecule has 29 heavy (non-hydrogen) atoms. The molecule has 4 aromatic rings. The Morgan fingerprint density at radius 1 is 1.03 bits per heavy atom. The van der Waals surface area contributed by atoms with E-state index in [2.05, 4.69) is 38.1 Å². The molecule has 154 valence electrons. The van der Waals surface area contributed by atoms with Crippen LogP contribution in [0.3, 0.4) is 0 Å². The molecule has 0 aliphatic rings. The van der Waals surface area contributed by atoms with Crippen LogP contribution in [0, 0.1) is 6.92 Å². The number of para-hydroxylation sites is 1. The van der Waals surface area contributed by atoms with Gasteiger partial charge in [0.15, 0.2) is 11.6 Å². The van der Waals surface area contributed by atoms with E-state index in [1.807, 2.05) is 36.4 Å². The Hall–Kier alpha value is -2.18. The third kappa shape index (κ3) is 4.87. The topological polar surface area (TPSA) is 68.2 Å². The minimum atomic E-state index is -0.164. The molecule has 0 bridgehead atoms. The Morgan fingerprint density at radius 3 is 2.52 bits per heavy atom. The lowest BCUT2D eigenvalue weighted by Gasteiger charge is -2.17. The second-order valence-corrected chi connectivity index (χ2v) is 7.30. The highest BCUT2D eigenvalue weighted by Gasteiger charge is 2.18. The van der Waals surface area contributed by atoms with Crippen molar-refractivity contribution in [2.24, 2.45) is 5.73 Å². The smallest absolute Gasteiger partial charge is 0.196 e. The average molecular weight is 433 g/mol. The van der Waals surface area contributed by atoms with Crippen LogP contribution in [-0.2, 0) is 0 Å². The second-order valence-electron chi connectivity index (χ2n) is 7.30. The zero-order chi connectivity index (χ0) is 19.0. The maximum Gasteiger partial charge on any atom is 0.196 e. The maximum absolute atomic E-state index is 6.53. The molecule has 1 unspecified atom stereocenters. The molecule has 0 saturated carbocycles. The van der Waals surface area contributed by atoms with Crippen LogP contribution >= 0.6 is 24.8 Å². The van der Waals surface area contributed by atoms with E-state index in [-0.39, 0.29) is 30.9 Å². The molecule has 0 aliphatic heterocycles. The van der Waals surface area contributed by atoms with E-state index in [0.29, 0.717) is 11.6 Å². The van der Waals surface area contributed by atoms with Crippen molar-refractivity contribution in [2.75, 3.05) is 20.6 Å². The Labute approximate surface area is 183 Å². The fourth-order valence-electron chi connectivity index (χ4n) is 3.28. The van der Waals surface area contributed by atoms with Gasteiger partial charge in [-0.3, -0.25) is 0 Å². The first-order valence-electron chi connectivity index (χ1n) is 9.19. The summed E-state index contributed by atoms with van der Waals surface area (Å²) in [6.45, 7) is 2.97. The third-order valence-electron chi connectivity index (χ3n) is 4.77. The highest BCUT2D eigenvalue weighted by atomic mass is 35.5. The van der Waals surface area contributed by atoms with Crippen molar-refractivity contribution in [1.29, 1.82) is 0 Å². The first-order chi connectivity index (χ1) is 13.0. The minimum absolute atomic E-state index is 0. The molecule has 0 aliphatic carbocycles.